The molecule has 0 radical (unpaired) electrons. The number of nitrogens with zero attached hydrogens (tertiary/aromatic N) is 2. The van der Waals surface area contributed by atoms with Crippen LogP contribution in [0.15, 0.2) is 32.9 Å². The minimum atomic E-state index is -0.739. The van der Waals surface area contributed by atoms with Gasteiger partial charge in [-0.2, -0.15) is 10.2 Å². The lowest BCUT2D eigenvalue weighted by Crippen LogP contribution is -2.31. The highest BCUT2D eigenvalue weighted by atomic mass is 16.5. The zero-order chi connectivity index (χ0) is 18.2. The van der Waals surface area contributed by atoms with Crippen LogP contribution in [0.5, 0.6) is 11.5 Å². The summed E-state index contributed by atoms with van der Waals surface area (Å²) in [6, 6.07) is 5.18. The maximum absolute atomic E-state index is 11.7. The number of hydrazone groups is 1. The van der Waals surface area contributed by atoms with Gasteiger partial charge in [0.2, 0.25) is 5.91 Å². The first-order chi connectivity index (χ1) is 12.0. The Morgan fingerprint density at radius 1 is 1.36 bits per heavy atom. The van der Waals surface area contributed by atoms with E-state index in [1.807, 2.05) is 11.9 Å². The van der Waals surface area contributed by atoms with Gasteiger partial charge in [-0.25, -0.2) is 15.3 Å². The van der Waals surface area contributed by atoms with E-state index in [-0.39, 0.29) is 12.1 Å². The van der Waals surface area contributed by atoms with Crippen molar-refractivity contribution in [1.82, 2.24) is 20.6 Å². The van der Waals surface area contributed by atoms with E-state index in [1.165, 1.54) is 13.3 Å². The van der Waals surface area contributed by atoms with Gasteiger partial charge in [0, 0.05) is 0 Å². The average Bonchev–Trinajstić information content (AvgIpc) is 2.59. The summed E-state index contributed by atoms with van der Waals surface area (Å²) >= 11 is 0. The first-order valence-electron chi connectivity index (χ1n) is 7.34. The zero-order valence-electron chi connectivity index (χ0n) is 13.7. The van der Waals surface area contributed by atoms with E-state index in [4.69, 9.17) is 9.47 Å². The van der Waals surface area contributed by atoms with E-state index in [1.54, 1.807) is 18.2 Å². The van der Waals surface area contributed by atoms with E-state index in [2.05, 4.69) is 20.7 Å². The Labute approximate surface area is 141 Å². The second kappa shape index (κ2) is 8.43. The topological polar surface area (TPSA) is 139 Å². The maximum Gasteiger partial charge on any atom is 0.342 e. The highest BCUT2D eigenvalue weighted by Crippen LogP contribution is 2.27. The van der Waals surface area contributed by atoms with Crippen molar-refractivity contribution in [2.75, 3.05) is 13.7 Å². The van der Waals surface area contributed by atoms with Crippen LogP contribution in [0.4, 0.5) is 0 Å². The molecule has 25 heavy (non-hydrogen) atoms. The van der Waals surface area contributed by atoms with E-state index < -0.39 is 17.2 Å². The lowest BCUT2D eigenvalue weighted by molar-refractivity contribution is -0.120. The molecule has 1 heterocycles. The number of amides is 1. The number of aromatic amines is 2. The molecule has 0 unspecified atom stereocenters. The third kappa shape index (κ3) is 5.03. The third-order valence-corrected chi connectivity index (χ3v) is 3.00. The fourth-order valence-corrected chi connectivity index (χ4v) is 1.90. The van der Waals surface area contributed by atoms with E-state index in [0.29, 0.717) is 23.7 Å². The Bertz CT molecular complexity index is 886. The summed E-state index contributed by atoms with van der Waals surface area (Å²) in [5.41, 5.74) is 1.38. The van der Waals surface area contributed by atoms with Crippen LogP contribution in [-0.4, -0.2) is 41.0 Å². The van der Waals surface area contributed by atoms with Crippen LogP contribution in [-0.2, 0) is 11.2 Å². The van der Waals surface area contributed by atoms with Gasteiger partial charge in [-0.3, -0.25) is 14.6 Å². The van der Waals surface area contributed by atoms with Crippen LogP contribution in [0.25, 0.3) is 0 Å². The highest BCUT2D eigenvalue weighted by molar-refractivity contribution is 5.83. The molecule has 1 amide bonds. The van der Waals surface area contributed by atoms with Gasteiger partial charge < -0.3 is 9.47 Å². The second-order valence-electron chi connectivity index (χ2n) is 4.77. The SMILES string of the molecule is CCOc1ccc(/C=N\NC(=O)Cc2n[nH]c(=O)[nH]c2=O)cc1OC. The number of benzene rings is 1. The molecule has 1 aromatic heterocycles. The van der Waals surface area contributed by atoms with E-state index >= 15 is 0 Å². The number of nitrogens with one attached hydrogen (secondary N) is 3. The molecule has 0 spiro atoms. The largest absolute Gasteiger partial charge is 0.493 e. The summed E-state index contributed by atoms with van der Waals surface area (Å²) in [6.45, 7) is 2.38. The van der Waals surface area contributed by atoms with Crippen molar-refractivity contribution in [1.29, 1.82) is 0 Å². The molecule has 0 fully saturated rings. The van der Waals surface area contributed by atoms with Gasteiger partial charge in [-0.05, 0) is 30.7 Å². The van der Waals surface area contributed by atoms with Gasteiger partial charge in [0.15, 0.2) is 11.5 Å². The number of rotatable bonds is 7. The summed E-state index contributed by atoms with van der Waals surface area (Å²) in [7, 11) is 1.52. The molecule has 2 aromatic rings. The number of carbonyl (C=O) groups excluding carboxylic acids is 1. The number of hydrogen-bond donors (Lipinski definition) is 3. The molecule has 3 N–H and O–H groups in total. The van der Waals surface area contributed by atoms with Crippen LogP contribution in [0.3, 0.4) is 0 Å². The minimum Gasteiger partial charge on any atom is -0.493 e. The molecule has 1 aromatic carbocycles. The van der Waals surface area contributed by atoms with E-state index in [9.17, 15) is 14.4 Å². The molecule has 0 aliphatic heterocycles. The Kier molecular flexibility index (Phi) is 6.04. The van der Waals surface area contributed by atoms with Gasteiger partial charge in [0.05, 0.1) is 26.4 Å². The number of methoxy groups -OCH3 is 1. The Morgan fingerprint density at radius 3 is 2.84 bits per heavy atom. The van der Waals surface area contributed by atoms with Gasteiger partial charge >= 0.3 is 5.69 Å². The van der Waals surface area contributed by atoms with Crippen LogP contribution >= 0.6 is 0 Å². The summed E-state index contributed by atoms with van der Waals surface area (Å²) in [5, 5.41) is 9.36. The van der Waals surface area contributed by atoms with Crippen molar-refractivity contribution in [3.05, 3.63) is 50.3 Å². The quantitative estimate of drug-likeness (QED) is 0.458. The van der Waals surface area contributed by atoms with Gasteiger partial charge in [-0.1, -0.05) is 0 Å². The molecule has 132 valence electrons. The molecular weight excluding hydrogens is 330 g/mol. The van der Waals surface area contributed by atoms with Crippen molar-refractivity contribution in [2.45, 2.75) is 13.3 Å². The molecule has 0 aliphatic rings. The summed E-state index contributed by atoms with van der Waals surface area (Å²) in [6.07, 6.45) is 1.09. The normalized spacial score (nSPS) is 10.6. The third-order valence-electron chi connectivity index (χ3n) is 3.00. The molecule has 2 rings (SSSR count). The van der Waals surface area contributed by atoms with Crippen molar-refractivity contribution >= 4 is 12.1 Å². The molecular formula is C15H17N5O5. The molecule has 0 saturated carbocycles. The lowest BCUT2D eigenvalue weighted by atomic mass is 10.2. The molecule has 0 atom stereocenters. The molecule has 0 aliphatic carbocycles. The summed E-state index contributed by atoms with van der Waals surface area (Å²) in [5.74, 6) is 0.592. The molecule has 0 bridgehead atoms. The number of hydrogen-bond acceptors (Lipinski definition) is 7. The summed E-state index contributed by atoms with van der Waals surface area (Å²) in [4.78, 5) is 36.0. The first-order valence-corrected chi connectivity index (χ1v) is 7.34. The Balaban J connectivity index is 1.99. The van der Waals surface area contributed by atoms with Crippen molar-refractivity contribution in [3.63, 3.8) is 0 Å². The van der Waals surface area contributed by atoms with Crippen LogP contribution in [0, 0.1) is 0 Å². The van der Waals surface area contributed by atoms with Crippen LogP contribution in [0.2, 0.25) is 0 Å². The fourth-order valence-electron chi connectivity index (χ4n) is 1.90. The zero-order valence-corrected chi connectivity index (χ0v) is 13.7. The average molecular weight is 347 g/mol. The predicted octanol–water partition coefficient (Wildman–Crippen LogP) is -0.442. The van der Waals surface area contributed by atoms with Crippen molar-refractivity contribution in [3.8, 4) is 11.5 Å². The maximum atomic E-state index is 11.7. The lowest BCUT2D eigenvalue weighted by Gasteiger charge is -2.09. The first kappa shape index (κ1) is 17.9. The molecule has 10 heteroatoms. The Hall–Kier alpha value is -3.43. The van der Waals surface area contributed by atoms with Crippen LogP contribution < -0.4 is 26.1 Å². The van der Waals surface area contributed by atoms with Gasteiger partial charge in [0.1, 0.15) is 5.69 Å². The highest BCUT2D eigenvalue weighted by Gasteiger charge is 2.08. The number of aromatic nitrogens is 3. The molecule has 0 saturated heterocycles. The predicted molar refractivity (Wildman–Crippen MR) is 89.1 cm³/mol. The van der Waals surface area contributed by atoms with Gasteiger partial charge in [0.25, 0.3) is 5.56 Å². The second-order valence-corrected chi connectivity index (χ2v) is 4.77. The smallest absolute Gasteiger partial charge is 0.342 e. The molecule has 10 nitrogen and oxygen atoms in total. The number of carbonyl (C=O) groups is 1. The van der Waals surface area contributed by atoms with Crippen molar-refractivity contribution in [2.24, 2.45) is 5.10 Å². The standard InChI is InChI=1S/C15H17N5O5/c1-3-25-11-5-4-9(6-12(11)24-2)8-16-19-13(21)7-10-14(22)17-15(23)20-18-10/h4-6,8H,3,7H2,1-2H3,(H,19,21)(H2,17,20,22,23)/b16-8-. The monoisotopic (exact) mass is 347 g/mol. The van der Waals surface area contributed by atoms with Crippen molar-refractivity contribution < 1.29 is 14.3 Å². The van der Waals surface area contributed by atoms with Crippen LogP contribution in [0.1, 0.15) is 18.2 Å². The summed E-state index contributed by atoms with van der Waals surface area (Å²) < 4.78 is 10.6. The minimum absolute atomic E-state index is 0.116. The van der Waals surface area contributed by atoms with Gasteiger partial charge in [-0.15, -0.1) is 0 Å². The fraction of sp³-hybridized carbons (Fsp3) is 0.267. The Morgan fingerprint density at radius 2 is 2.16 bits per heavy atom. The number of H-pyrrole nitrogens is 2. The van der Waals surface area contributed by atoms with E-state index in [0.717, 1.165) is 0 Å². The number of ether oxygens (including phenoxy) is 2.